The number of benzene rings is 2. The van der Waals surface area contributed by atoms with Gasteiger partial charge in [0, 0.05) is 42.6 Å². The molecule has 1 saturated heterocycles. The van der Waals surface area contributed by atoms with E-state index < -0.39 is 6.09 Å². The number of fused-ring (bicyclic) bond motifs is 1. The minimum atomic E-state index is -0.395. The molecule has 4 heterocycles. The highest BCUT2D eigenvalue weighted by Crippen LogP contribution is 2.37. The van der Waals surface area contributed by atoms with Gasteiger partial charge in [0.25, 0.3) is 5.91 Å². The van der Waals surface area contributed by atoms with Gasteiger partial charge in [-0.25, -0.2) is 14.8 Å². The van der Waals surface area contributed by atoms with Crippen LogP contribution >= 0.6 is 0 Å². The van der Waals surface area contributed by atoms with Crippen LogP contribution in [0, 0.1) is 6.92 Å². The van der Waals surface area contributed by atoms with E-state index in [1.165, 1.54) is 11.8 Å². The van der Waals surface area contributed by atoms with Gasteiger partial charge in [-0.05, 0) is 60.6 Å². The van der Waals surface area contributed by atoms with E-state index in [0.29, 0.717) is 46.3 Å². The number of amides is 2. The van der Waals surface area contributed by atoms with Crippen LogP contribution in [0.3, 0.4) is 0 Å². The highest BCUT2D eigenvalue weighted by Gasteiger charge is 2.35. The van der Waals surface area contributed by atoms with Crippen LogP contribution in [0.25, 0.3) is 16.8 Å². The molecule has 0 unspecified atom stereocenters. The number of nitrogen functional groups attached to an aromatic ring is 1. The first-order valence-electron chi connectivity index (χ1n) is 14.8. The molecule has 3 N–H and O–H groups in total. The monoisotopic (exact) mass is 589 g/mol. The summed E-state index contributed by atoms with van der Waals surface area (Å²) in [6, 6.07) is 17.0. The maximum Gasteiger partial charge on any atom is 0.410 e. The van der Waals surface area contributed by atoms with Crippen molar-refractivity contribution in [3.8, 4) is 11.3 Å². The number of aryl methyl sites for hydroxylation is 1. The quantitative estimate of drug-likeness (QED) is 0.221. The Morgan fingerprint density at radius 2 is 1.93 bits per heavy atom. The van der Waals surface area contributed by atoms with Crippen molar-refractivity contribution in [2.24, 2.45) is 0 Å². The smallest absolute Gasteiger partial charge is 0.410 e. The summed E-state index contributed by atoms with van der Waals surface area (Å²) in [5, 5.41) is 2.98. The molecular weight excluding hydrogens is 554 g/mol. The van der Waals surface area contributed by atoms with Gasteiger partial charge in [-0.3, -0.25) is 19.1 Å². The summed E-state index contributed by atoms with van der Waals surface area (Å²) in [5.41, 5.74) is 12.5. The van der Waals surface area contributed by atoms with E-state index in [1.54, 1.807) is 29.6 Å². The van der Waals surface area contributed by atoms with Crippen molar-refractivity contribution in [3.05, 3.63) is 107 Å². The molecule has 1 atom stereocenters. The number of hydrogen-bond acceptors (Lipinski definition) is 7. The Balaban J connectivity index is 1.29. The highest BCUT2D eigenvalue weighted by molar-refractivity contribution is 6.05. The number of nitrogens with two attached hydrogens (primary N) is 1. The second-order valence-electron chi connectivity index (χ2n) is 11.4. The molecular formula is C34H35N7O3. The number of aromatic nitrogens is 4. The number of pyridine rings is 1. The maximum atomic E-state index is 13.3. The van der Waals surface area contributed by atoms with Crippen molar-refractivity contribution >= 4 is 29.0 Å². The molecule has 5 aromatic rings. The van der Waals surface area contributed by atoms with Gasteiger partial charge in [0.15, 0.2) is 0 Å². The molecule has 0 saturated carbocycles. The number of rotatable bonds is 7. The lowest BCUT2D eigenvalue weighted by molar-refractivity contribution is 0.0907. The topological polar surface area (TPSA) is 128 Å². The van der Waals surface area contributed by atoms with E-state index in [4.69, 9.17) is 15.5 Å². The Hall–Kier alpha value is -5.25. The first-order chi connectivity index (χ1) is 21.3. The minimum absolute atomic E-state index is 0.190. The van der Waals surface area contributed by atoms with Gasteiger partial charge in [0.2, 0.25) is 0 Å². The highest BCUT2D eigenvalue weighted by atomic mass is 16.6. The van der Waals surface area contributed by atoms with Gasteiger partial charge in [0.1, 0.15) is 29.5 Å². The molecule has 10 nitrogen and oxygen atoms in total. The van der Waals surface area contributed by atoms with E-state index in [0.717, 1.165) is 24.0 Å². The van der Waals surface area contributed by atoms with Crippen molar-refractivity contribution < 1.29 is 14.3 Å². The number of nitrogens with zero attached hydrogens (tertiary/aromatic N) is 5. The van der Waals surface area contributed by atoms with Gasteiger partial charge in [-0.2, -0.15) is 0 Å². The van der Waals surface area contributed by atoms with E-state index in [-0.39, 0.29) is 24.4 Å². The summed E-state index contributed by atoms with van der Waals surface area (Å²) in [6.45, 7) is 7.08. The fourth-order valence-electron chi connectivity index (χ4n) is 5.88. The molecule has 2 aromatic carbocycles. The molecule has 1 aliphatic rings. The van der Waals surface area contributed by atoms with E-state index in [9.17, 15) is 9.59 Å². The summed E-state index contributed by atoms with van der Waals surface area (Å²) >= 11 is 0. The molecule has 224 valence electrons. The molecule has 0 bridgehead atoms. The van der Waals surface area contributed by atoms with Gasteiger partial charge < -0.3 is 15.8 Å². The number of hydrogen-bond donors (Lipinski definition) is 2. The predicted molar refractivity (Wildman–Crippen MR) is 169 cm³/mol. The molecule has 10 heteroatoms. The molecule has 1 fully saturated rings. The third kappa shape index (κ3) is 5.70. The van der Waals surface area contributed by atoms with Crippen LogP contribution in [0.15, 0.2) is 79.4 Å². The zero-order chi connectivity index (χ0) is 30.8. The Bertz CT molecular complexity index is 1830. The number of ether oxygens (including phenoxy) is 1. The van der Waals surface area contributed by atoms with Crippen LogP contribution in [0.2, 0.25) is 0 Å². The first-order valence-corrected chi connectivity index (χ1v) is 14.8. The summed E-state index contributed by atoms with van der Waals surface area (Å²) in [5.74, 6) is 1.05. The Labute approximate surface area is 255 Å². The molecule has 0 spiro atoms. The van der Waals surface area contributed by atoms with Crippen LogP contribution in [-0.4, -0.2) is 42.8 Å². The summed E-state index contributed by atoms with van der Waals surface area (Å²) < 4.78 is 7.54. The second-order valence-corrected chi connectivity index (χ2v) is 11.4. The van der Waals surface area contributed by atoms with Crippen molar-refractivity contribution in [2.75, 3.05) is 17.6 Å². The van der Waals surface area contributed by atoms with E-state index >= 15 is 0 Å². The van der Waals surface area contributed by atoms with Crippen LogP contribution < -0.4 is 11.1 Å². The third-order valence-corrected chi connectivity index (χ3v) is 8.02. The van der Waals surface area contributed by atoms with Crippen molar-refractivity contribution in [2.45, 2.75) is 52.2 Å². The van der Waals surface area contributed by atoms with Gasteiger partial charge in [-0.15, -0.1) is 0 Å². The Morgan fingerprint density at radius 1 is 1.11 bits per heavy atom. The van der Waals surface area contributed by atoms with Crippen LogP contribution in [0.1, 0.15) is 71.5 Å². The molecule has 44 heavy (non-hydrogen) atoms. The molecule has 0 aliphatic carbocycles. The minimum Gasteiger partial charge on any atom is -0.445 e. The fraction of sp³-hybridized carbons (Fsp3) is 0.265. The van der Waals surface area contributed by atoms with Crippen molar-refractivity contribution in [3.63, 3.8) is 0 Å². The summed E-state index contributed by atoms with van der Waals surface area (Å²) in [7, 11) is 0. The average molecular weight is 590 g/mol. The second kappa shape index (κ2) is 12.2. The van der Waals surface area contributed by atoms with E-state index in [2.05, 4.69) is 29.1 Å². The fourth-order valence-corrected chi connectivity index (χ4v) is 5.88. The number of imidazole rings is 1. The molecule has 1 aliphatic heterocycles. The third-order valence-electron chi connectivity index (χ3n) is 8.02. The summed E-state index contributed by atoms with van der Waals surface area (Å²) in [4.78, 5) is 41.9. The van der Waals surface area contributed by atoms with Gasteiger partial charge in [0.05, 0.1) is 11.6 Å². The summed E-state index contributed by atoms with van der Waals surface area (Å²) in [6.07, 6.45) is 7.71. The SMILES string of the molecule is Cc1cc(NC(=O)c2cncc(-c3nc([C@@H]4CCCN4C(=O)OCc4ccccc4)n4ccnc(N)c34)c2)ccc1C(C)C. The molecule has 0 radical (unpaired) electrons. The zero-order valence-corrected chi connectivity index (χ0v) is 25.0. The number of likely N-dealkylation sites (tertiary alicyclic amines) is 1. The Morgan fingerprint density at radius 3 is 2.70 bits per heavy atom. The normalized spacial score (nSPS) is 14.7. The largest absolute Gasteiger partial charge is 0.445 e. The van der Waals surface area contributed by atoms with Gasteiger partial charge in [-0.1, -0.05) is 50.2 Å². The molecule has 6 rings (SSSR count). The number of carbonyl (C=O) groups is 2. The zero-order valence-electron chi connectivity index (χ0n) is 25.0. The van der Waals surface area contributed by atoms with Crippen molar-refractivity contribution in [1.29, 1.82) is 0 Å². The van der Waals surface area contributed by atoms with Crippen LogP contribution in [-0.2, 0) is 11.3 Å². The van der Waals surface area contributed by atoms with E-state index in [1.807, 2.05) is 59.9 Å². The Kier molecular flexibility index (Phi) is 7.97. The number of anilines is 2. The van der Waals surface area contributed by atoms with Crippen LogP contribution in [0.5, 0.6) is 0 Å². The first kappa shape index (κ1) is 28.9. The maximum absolute atomic E-state index is 13.3. The average Bonchev–Trinajstić information content (AvgIpc) is 3.66. The molecule has 3 aromatic heterocycles. The van der Waals surface area contributed by atoms with Crippen LogP contribution in [0.4, 0.5) is 16.3 Å². The lowest BCUT2D eigenvalue weighted by Crippen LogP contribution is -2.32. The lowest BCUT2D eigenvalue weighted by atomic mass is 9.97. The standard InChI is InChI=1S/C34H35N7O3/c1-21(2)27-12-11-26(16-22(27)3)38-33(42)25-17-24(18-36-19-25)29-30-31(35)37-13-15-41(30)32(39-29)28-10-7-14-40(28)34(43)44-20-23-8-5-4-6-9-23/h4-6,8-9,11-13,15-19,21,28H,7,10,14,20H2,1-3H3,(H2,35,37)(H,38,42)/t28-/m0/s1. The number of carbonyl (C=O) groups excluding carboxylic acids is 2. The van der Waals surface area contributed by atoms with Crippen molar-refractivity contribution in [1.82, 2.24) is 24.3 Å². The molecule has 2 amide bonds. The predicted octanol–water partition coefficient (Wildman–Crippen LogP) is 6.53. The number of nitrogens with one attached hydrogen (secondary N) is 1. The lowest BCUT2D eigenvalue weighted by Gasteiger charge is -2.23. The van der Waals surface area contributed by atoms with Gasteiger partial charge >= 0.3 is 6.09 Å².